The highest BCUT2D eigenvalue weighted by Crippen LogP contribution is 2.42. The minimum atomic E-state index is 0.456. The number of hydrogen-bond donors (Lipinski definition) is 1. The molecule has 2 rings (SSSR count). The predicted molar refractivity (Wildman–Crippen MR) is 71.3 cm³/mol. The fourth-order valence-corrected chi connectivity index (χ4v) is 3.16. The molecule has 1 saturated heterocycles. The van der Waals surface area contributed by atoms with Gasteiger partial charge in [-0.15, -0.1) is 11.8 Å². The van der Waals surface area contributed by atoms with Gasteiger partial charge in [-0.25, -0.2) is 0 Å². The van der Waals surface area contributed by atoms with E-state index in [0.29, 0.717) is 6.04 Å². The van der Waals surface area contributed by atoms with E-state index in [1.807, 2.05) is 6.07 Å². The molecule has 1 aromatic carbocycles. The van der Waals surface area contributed by atoms with Gasteiger partial charge < -0.3 is 14.8 Å². The standard InChI is InChI=1S/C13H19NO2S/c1-15-11-7-6-9(10-5-4-8-14-10)13(17-3)12(11)16-2/h6-7,10,14H,4-5,8H2,1-3H3. The Bertz CT molecular complexity index is 389. The molecule has 1 atom stereocenters. The lowest BCUT2D eigenvalue weighted by Crippen LogP contribution is -2.14. The number of rotatable bonds is 4. The maximum Gasteiger partial charge on any atom is 0.174 e. The number of methoxy groups -OCH3 is 2. The number of thioether (sulfide) groups is 1. The van der Waals surface area contributed by atoms with Crippen molar-refractivity contribution in [2.45, 2.75) is 23.8 Å². The second-order valence-corrected chi connectivity index (χ2v) is 4.89. The van der Waals surface area contributed by atoms with Gasteiger partial charge in [0.15, 0.2) is 11.5 Å². The van der Waals surface area contributed by atoms with Crippen molar-refractivity contribution in [1.29, 1.82) is 0 Å². The molecule has 0 spiro atoms. The third kappa shape index (κ3) is 2.38. The highest BCUT2D eigenvalue weighted by molar-refractivity contribution is 7.98. The number of ether oxygens (including phenoxy) is 2. The molecule has 1 heterocycles. The molecule has 1 unspecified atom stereocenters. The first-order chi connectivity index (χ1) is 8.31. The Morgan fingerprint density at radius 1 is 1.29 bits per heavy atom. The molecule has 0 aromatic heterocycles. The zero-order valence-corrected chi connectivity index (χ0v) is 11.4. The molecule has 1 fully saturated rings. The summed E-state index contributed by atoms with van der Waals surface area (Å²) >= 11 is 1.72. The molecular weight excluding hydrogens is 234 g/mol. The van der Waals surface area contributed by atoms with Crippen LogP contribution >= 0.6 is 11.8 Å². The van der Waals surface area contributed by atoms with Crippen molar-refractivity contribution in [2.24, 2.45) is 0 Å². The largest absolute Gasteiger partial charge is 0.493 e. The summed E-state index contributed by atoms with van der Waals surface area (Å²) in [4.78, 5) is 1.19. The monoisotopic (exact) mass is 253 g/mol. The van der Waals surface area contributed by atoms with Gasteiger partial charge in [0.2, 0.25) is 0 Å². The molecule has 1 aliphatic heterocycles. The summed E-state index contributed by atoms with van der Waals surface area (Å²) in [7, 11) is 3.37. The van der Waals surface area contributed by atoms with Crippen LogP contribution in [-0.4, -0.2) is 27.0 Å². The van der Waals surface area contributed by atoms with Crippen LogP contribution in [0.3, 0.4) is 0 Å². The molecule has 1 aromatic rings. The normalized spacial score (nSPS) is 19.4. The maximum atomic E-state index is 5.48. The van der Waals surface area contributed by atoms with E-state index < -0.39 is 0 Å². The lowest BCUT2D eigenvalue weighted by Gasteiger charge is -2.19. The minimum absolute atomic E-state index is 0.456. The molecule has 94 valence electrons. The third-order valence-corrected chi connectivity index (χ3v) is 4.00. The van der Waals surface area contributed by atoms with Gasteiger partial charge in [-0.1, -0.05) is 6.07 Å². The summed E-state index contributed by atoms with van der Waals surface area (Å²) in [6.07, 6.45) is 4.52. The van der Waals surface area contributed by atoms with E-state index >= 15 is 0 Å². The van der Waals surface area contributed by atoms with Gasteiger partial charge in [-0.3, -0.25) is 0 Å². The highest BCUT2D eigenvalue weighted by atomic mass is 32.2. The van der Waals surface area contributed by atoms with E-state index in [-0.39, 0.29) is 0 Å². The van der Waals surface area contributed by atoms with E-state index in [1.54, 1.807) is 26.0 Å². The maximum absolute atomic E-state index is 5.48. The van der Waals surface area contributed by atoms with E-state index in [0.717, 1.165) is 18.0 Å². The first-order valence-corrected chi connectivity index (χ1v) is 7.06. The number of hydrogen-bond acceptors (Lipinski definition) is 4. The van der Waals surface area contributed by atoms with Crippen LogP contribution < -0.4 is 14.8 Å². The van der Waals surface area contributed by atoms with E-state index in [2.05, 4.69) is 17.6 Å². The minimum Gasteiger partial charge on any atom is -0.493 e. The van der Waals surface area contributed by atoms with Crippen molar-refractivity contribution in [1.82, 2.24) is 5.32 Å². The molecule has 3 nitrogen and oxygen atoms in total. The first-order valence-electron chi connectivity index (χ1n) is 5.84. The molecular formula is C13H19NO2S. The molecule has 0 aliphatic carbocycles. The summed E-state index contributed by atoms with van der Waals surface area (Å²) in [5.41, 5.74) is 1.33. The topological polar surface area (TPSA) is 30.5 Å². The summed E-state index contributed by atoms with van der Waals surface area (Å²) in [6, 6.07) is 4.60. The molecule has 17 heavy (non-hydrogen) atoms. The molecule has 0 bridgehead atoms. The molecule has 0 amide bonds. The Morgan fingerprint density at radius 3 is 2.65 bits per heavy atom. The lowest BCUT2D eigenvalue weighted by molar-refractivity contribution is 0.346. The van der Waals surface area contributed by atoms with Crippen LogP contribution in [0.25, 0.3) is 0 Å². The van der Waals surface area contributed by atoms with Gasteiger partial charge >= 0.3 is 0 Å². The van der Waals surface area contributed by atoms with Gasteiger partial charge in [-0.05, 0) is 37.3 Å². The Labute approximate surface area is 107 Å². The van der Waals surface area contributed by atoms with Gasteiger partial charge in [-0.2, -0.15) is 0 Å². The van der Waals surface area contributed by atoms with Gasteiger partial charge in [0, 0.05) is 6.04 Å². The molecule has 1 aliphatic rings. The number of benzene rings is 1. The molecule has 4 heteroatoms. The SMILES string of the molecule is COc1ccc(C2CCCN2)c(SC)c1OC. The zero-order chi connectivity index (χ0) is 12.3. The summed E-state index contributed by atoms with van der Waals surface area (Å²) in [6.45, 7) is 1.10. The highest BCUT2D eigenvalue weighted by Gasteiger charge is 2.23. The Balaban J connectivity index is 2.44. The molecule has 0 radical (unpaired) electrons. The predicted octanol–water partition coefficient (Wildman–Crippen LogP) is 2.85. The average Bonchev–Trinajstić information content (AvgIpc) is 2.90. The van der Waals surface area contributed by atoms with Crippen LogP contribution in [0.15, 0.2) is 17.0 Å². The fourth-order valence-electron chi connectivity index (χ4n) is 2.35. The van der Waals surface area contributed by atoms with E-state index in [4.69, 9.17) is 9.47 Å². The van der Waals surface area contributed by atoms with Crippen molar-refractivity contribution in [2.75, 3.05) is 27.0 Å². The zero-order valence-electron chi connectivity index (χ0n) is 10.6. The quantitative estimate of drug-likeness (QED) is 0.836. The van der Waals surface area contributed by atoms with E-state index in [1.165, 1.54) is 23.3 Å². The van der Waals surface area contributed by atoms with Crippen LogP contribution in [0.5, 0.6) is 11.5 Å². The Morgan fingerprint density at radius 2 is 2.12 bits per heavy atom. The Kier molecular flexibility index (Phi) is 4.18. The van der Waals surface area contributed by atoms with Crippen molar-refractivity contribution in [3.8, 4) is 11.5 Å². The van der Waals surface area contributed by atoms with Crippen LogP contribution in [0.2, 0.25) is 0 Å². The van der Waals surface area contributed by atoms with Crippen LogP contribution in [-0.2, 0) is 0 Å². The second kappa shape index (κ2) is 5.65. The van der Waals surface area contributed by atoms with Crippen molar-refractivity contribution >= 4 is 11.8 Å². The third-order valence-electron chi connectivity index (χ3n) is 3.17. The smallest absolute Gasteiger partial charge is 0.174 e. The van der Waals surface area contributed by atoms with E-state index in [9.17, 15) is 0 Å². The lowest BCUT2D eigenvalue weighted by atomic mass is 10.0. The summed E-state index contributed by atoms with van der Waals surface area (Å²) < 4.78 is 10.8. The fraction of sp³-hybridized carbons (Fsp3) is 0.538. The van der Waals surface area contributed by atoms with Crippen molar-refractivity contribution in [3.05, 3.63) is 17.7 Å². The summed E-state index contributed by atoms with van der Waals surface area (Å²) in [5, 5.41) is 3.53. The van der Waals surface area contributed by atoms with Gasteiger partial charge in [0.25, 0.3) is 0 Å². The van der Waals surface area contributed by atoms with Crippen molar-refractivity contribution < 1.29 is 9.47 Å². The van der Waals surface area contributed by atoms with Crippen molar-refractivity contribution in [3.63, 3.8) is 0 Å². The van der Waals surface area contributed by atoms with Gasteiger partial charge in [0.1, 0.15) is 0 Å². The van der Waals surface area contributed by atoms with Gasteiger partial charge in [0.05, 0.1) is 19.1 Å². The second-order valence-electron chi connectivity index (χ2n) is 4.07. The molecule has 0 saturated carbocycles. The summed E-state index contributed by atoms with van der Waals surface area (Å²) in [5.74, 6) is 1.66. The van der Waals surface area contributed by atoms with Crippen LogP contribution in [0.1, 0.15) is 24.4 Å². The van der Waals surface area contributed by atoms with Crippen LogP contribution in [0, 0.1) is 0 Å². The molecule has 1 N–H and O–H groups in total. The average molecular weight is 253 g/mol. The van der Waals surface area contributed by atoms with Crippen LogP contribution in [0.4, 0.5) is 0 Å². The Hall–Kier alpha value is -0.870. The first kappa shape index (κ1) is 12.6. The number of nitrogens with one attached hydrogen (secondary N) is 1.